The molecule has 0 saturated heterocycles. The Kier molecular flexibility index (Phi) is 7.35. The van der Waals surface area contributed by atoms with Crippen molar-refractivity contribution in [3.05, 3.63) is 59.9 Å². The van der Waals surface area contributed by atoms with Gasteiger partial charge in [-0.3, -0.25) is 0 Å². The Labute approximate surface area is 175 Å². The molecule has 0 amide bonds. The molecule has 2 aromatic carbocycles. The lowest BCUT2D eigenvalue weighted by atomic mass is 10.2. The van der Waals surface area contributed by atoms with Crippen LogP contribution in [0.3, 0.4) is 0 Å². The van der Waals surface area contributed by atoms with E-state index < -0.39 is 11.6 Å². The van der Waals surface area contributed by atoms with Gasteiger partial charge in [0.25, 0.3) is 0 Å². The maximum Gasteiger partial charge on any atom is 0.246 e. The number of hydrogen-bond acceptors (Lipinski definition) is 5. The van der Waals surface area contributed by atoms with Crippen LogP contribution in [-0.4, -0.2) is 45.8 Å². The fourth-order valence-electron chi connectivity index (χ4n) is 3.28. The molecule has 0 saturated carbocycles. The van der Waals surface area contributed by atoms with E-state index in [1.54, 1.807) is 0 Å². The van der Waals surface area contributed by atoms with Gasteiger partial charge >= 0.3 is 0 Å². The van der Waals surface area contributed by atoms with Crippen LogP contribution in [0.5, 0.6) is 0 Å². The van der Waals surface area contributed by atoms with Gasteiger partial charge in [0.15, 0.2) is 0 Å². The summed E-state index contributed by atoms with van der Waals surface area (Å²) in [6, 6.07) is 9.30. The van der Waals surface area contributed by atoms with Crippen LogP contribution < -0.4 is 10.6 Å². The summed E-state index contributed by atoms with van der Waals surface area (Å²) in [5, 5.41) is 10.9. The third-order valence-electron chi connectivity index (χ3n) is 4.81. The number of halogens is 2. The molecule has 0 aliphatic carbocycles. The van der Waals surface area contributed by atoms with Gasteiger partial charge in [0.05, 0.1) is 5.69 Å². The topological polar surface area (TPSA) is 58.0 Å². The quantitative estimate of drug-likeness (QED) is 0.469. The summed E-state index contributed by atoms with van der Waals surface area (Å²) in [6.07, 6.45) is 2.48. The van der Waals surface area contributed by atoms with Gasteiger partial charge in [0, 0.05) is 24.0 Å². The normalized spacial score (nSPS) is 11.1. The molecule has 30 heavy (non-hydrogen) atoms. The zero-order valence-electron chi connectivity index (χ0n) is 17.6. The lowest BCUT2D eigenvalue weighted by molar-refractivity contribution is 0.303. The van der Waals surface area contributed by atoms with Gasteiger partial charge in [-0.2, -0.15) is 4.98 Å². The van der Waals surface area contributed by atoms with E-state index in [4.69, 9.17) is 0 Å². The molecule has 0 bridgehead atoms. The Hall–Kier alpha value is -3.00. The van der Waals surface area contributed by atoms with Crippen LogP contribution in [0.4, 0.5) is 26.1 Å². The third-order valence-corrected chi connectivity index (χ3v) is 4.81. The van der Waals surface area contributed by atoms with Crippen molar-refractivity contribution in [3.8, 4) is 5.69 Å². The summed E-state index contributed by atoms with van der Waals surface area (Å²) in [5.41, 5.74) is 3.22. The van der Waals surface area contributed by atoms with E-state index >= 15 is 0 Å². The fourth-order valence-corrected chi connectivity index (χ4v) is 3.28. The van der Waals surface area contributed by atoms with Crippen LogP contribution in [0.1, 0.15) is 25.8 Å². The van der Waals surface area contributed by atoms with Crippen LogP contribution in [0, 0.1) is 18.6 Å². The Bertz CT molecular complexity index is 948. The first-order valence-electron chi connectivity index (χ1n) is 10.2. The van der Waals surface area contributed by atoms with E-state index in [0.29, 0.717) is 5.95 Å². The van der Waals surface area contributed by atoms with Gasteiger partial charge in [-0.1, -0.05) is 13.8 Å². The van der Waals surface area contributed by atoms with Crippen LogP contribution >= 0.6 is 0 Å². The Morgan fingerprint density at radius 2 is 1.67 bits per heavy atom. The minimum atomic E-state index is -0.662. The molecule has 0 aliphatic heterocycles. The number of benzene rings is 2. The van der Waals surface area contributed by atoms with Gasteiger partial charge in [0.1, 0.15) is 18.0 Å². The third kappa shape index (κ3) is 6.00. The Morgan fingerprint density at radius 3 is 2.37 bits per heavy atom. The standard InChI is InChI=1S/C22H28F2N6/c1-4-29(5-2)8-6-7-25-19-9-16(3)10-20(14-19)27-22-26-15-30(28-22)21-12-17(23)11-18(24)13-21/h9-15,25H,4-8H2,1-3H3,(H,27,28). The highest BCUT2D eigenvalue weighted by molar-refractivity contribution is 5.63. The van der Waals surface area contributed by atoms with Gasteiger partial charge < -0.3 is 15.5 Å². The molecule has 1 heterocycles. The van der Waals surface area contributed by atoms with E-state index in [1.807, 2.05) is 19.1 Å². The average Bonchev–Trinajstić information content (AvgIpc) is 3.15. The van der Waals surface area contributed by atoms with Gasteiger partial charge in [-0.25, -0.2) is 13.5 Å². The first-order chi connectivity index (χ1) is 14.5. The van der Waals surface area contributed by atoms with Crippen molar-refractivity contribution in [3.63, 3.8) is 0 Å². The van der Waals surface area contributed by atoms with Crippen LogP contribution in [0.25, 0.3) is 5.69 Å². The maximum absolute atomic E-state index is 13.4. The predicted octanol–water partition coefficient (Wildman–Crippen LogP) is 4.74. The summed E-state index contributed by atoms with van der Waals surface area (Å²) < 4.78 is 28.2. The lowest BCUT2D eigenvalue weighted by Crippen LogP contribution is -2.25. The highest BCUT2D eigenvalue weighted by Crippen LogP contribution is 2.21. The summed E-state index contributed by atoms with van der Waals surface area (Å²) in [4.78, 5) is 6.59. The first-order valence-corrected chi connectivity index (χ1v) is 10.2. The second-order valence-corrected chi connectivity index (χ2v) is 7.16. The van der Waals surface area contributed by atoms with E-state index in [-0.39, 0.29) is 5.69 Å². The molecular weight excluding hydrogens is 386 g/mol. The number of aryl methyl sites for hydroxylation is 1. The minimum Gasteiger partial charge on any atom is -0.385 e. The molecule has 8 heteroatoms. The van der Waals surface area contributed by atoms with E-state index in [9.17, 15) is 8.78 Å². The summed E-state index contributed by atoms with van der Waals surface area (Å²) in [7, 11) is 0. The molecule has 0 radical (unpaired) electrons. The van der Waals surface area contributed by atoms with Crippen molar-refractivity contribution in [2.75, 3.05) is 36.8 Å². The highest BCUT2D eigenvalue weighted by Gasteiger charge is 2.08. The molecule has 0 unspecified atom stereocenters. The molecule has 0 atom stereocenters. The number of rotatable bonds is 10. The highest BCUT2D eigenvalue weighted by atomic mass is 19.1. The molecule has 0 spiro atoms. The van der Waals surface area contributed by atoms with Crippen molar-refractivity contribution in [1.82, 2.24) is 19.7 Å². The lowest BCUT2D eigenvalue weighted by Gasteiger charge is -2.18. The maximum atomic E-state index is 13.4. The Balaban J connectivity index is 1.64. The van der Waals surface area contributed by atoms with E-state index in [2.05, 4.69) is 45.5 Å². The molecule has 0 fully saturated rings. The summed E-state index contributed by atoms with van der Waals surface area (Å²) >= 11 is 0. The van der Waals surface area contributed by atoms with Crippen molar-refractivity contribution < 1.29 is 8.78 Å². The molecule has 3 aromatic rings. The number of anilines is 3. The van der Waals surface area contributed by atoms with Gasteiger partial charge in [-0.05, 0) is 68.9 Å². The zero-order chi connectivity index (χ0) is 21.5. The smallest absolute Gasteiger partial charge is 0.246 e. The van der Waals surface area contributed by atoms with Crippen molar-refractivity contribution in [2.45, 2.75) is 27.2 Å². The number of nitrogens with one attached hydrogen (secondary N) is 2. The largest absolute Gasteiger partial charge is 0.385 e. The minimum absolute atomic E-state index is 0.271. The molecule has 2 N–H and O–H groups in total. The van der Waals surface area contributed by atoms with Crippen molar-refractivity contribution in [1.29, 1.82) is 0 Å². The predicted molar refractivity (Wildman–Crippen MR) is 117 cm³/mol. The van der Waals surface area contributed by atoms with Crippen LogP contribution in [0.2, 0.25) is 0 Å². The average molecular weight is 415 g/mol. The molecule has 0 aliphatic rings. The number of hydrogen-bond donors (Lipinski definition) is 2. The summed E-state index contributed by atoms with van der Waals surface area (Å²) in [5.74, 6) is -0.978. The van der Waals surface area contributed by atoms with E-state index in [1.165, 1.54) is 23.1 Å². The number of nitrogens with zero attached hydrogens (tertiary/aromatic N) is 4. The molecule has 6 nitrogen and oxygen atoms in total. The van der Waals surface area contributed by atoms with Gasteiger partial charge in [0.2, 0.25) is 5.95 Å². The van der Waals surface area contributed by atoms with Crippen molar-refractivity contribution >= 4 is 17.3 Å². The molecule has 160 valence electrons. The fraction of sp³-hybridized carbons (Fsp3) is 0.364. The van der Waals surface area contributed by atoms with Crippen LogP contribution in [-0.2, 0) is 0 Å². The molecule has 1 aromatic heterocycles. The molecule has 3 rings (SSSR count). The second kappa shape index (κ2) is 10.2. The zero-order valence-corrected chi connectivity index (χ0v) is 17.6. The molecular formula is C22H28F2N6. The number of aromatic nitrogens is 3. The van der Waals surface area contributed by atoms with E-state index in [0.717, 1.165) is 55.6 Å². The van der Waals surface area contributed by atoms with Crippen LogP contribution in [0.15, 0.2) is 42.7 Å². The van der Waals surface area contributed by atoms with Crippen molar-refractivity contribution in [2.24, 2.45) is 0 Å². The Morgan fingerprint density at radius 1 is 0.967 bits per heavy atom. The summed E-state index contributed by atoms with van der Waals surface area (Å²) in [6.45, 7) is 10.5. The second-order valence-electron chi connectivity index (χ2n) is 7.16. The van der Waals surface area contributed by atoms with Gasteiger partial charge in [-0.15, -0.1) is 5.10 Å². The first kappa shape index (κ1) is 21.7. The monoisotopic (exact) mass is 414 g/mol. The SMILES string of the molecule is CCN(CC)CCCNc1cc(C)cc(Nc2ncn(-c3cc(F)cc(F)c3)n2)c1.